The molecule has 4 N–H and O–H groups in total. The number of aryl methyl sites for hydroxylation is 1. The van der Waals surface area contributed by atoms with E-state index in [-0.39, 0.29) is 17.6 Å². The first kappa shape index (κ1) is 19.2. The topological polar surface area (TPSA) is 93.5 Å². The summed E-state index contributed by atoms with van der Waals surface area (Å²) in [5, 5.41) is 4.45. The molecule has 9 heteroatoms. The Morgan fingerprint density at radius 2 is 2.04 bits per heavy atom. The number of anilines is 1. The number of hydrogen-bond acceptors (Lipinski definition) is 4. The van der Waals surface area contributed by atoms with Crippen molar-refractivity contribution >= 4 is 17.5 Å². The highest BCUT2D eigenvalue weighted by Gasteiger charge is 2.30. The van der Waals surface area contributed by atoms with Crippen molar-refractivity contribution < 1.29 is 27.5 Å². The zero-order chi connectivity index (χ0) is 18.6. The van der Waals surface area contributed by atoms with Gasteiger partial charge in [0.05, 0.1) is 6.10 Å². The summed E-state index contributed by atoms with van der Waals surface area (Å²) in [6, 6.07) is 4.29. The van der Waals surface area contributed by atoms with Crippen LogP contribution in [0.3, 0.4) is 0 Å². The highest BCUT2D eigenvalue weighted by atomic mass is 19.4. The number of nitrogens with one attached hydrogen (secondary N) is 2. The third-order valence-corrected chi connectivity index (χ3v) is 3.87. The van der Waals surface area contributed by atoms with Crippen LogP contribution in [0.25, 0.3) is 0 Å². The number of benzene rings is 1. The van der Waals surface area contributed by atoms with Crippen LogP contribution in [0.15, 0.2) is 18.2 Å². The van der Waals surface area contributed by atoms with Crippen molar-refractivity contribution in [3.05, 3.63) is 29.3 Å². The van der Waals surface area contributed by atoms with Gasteiger partial charge in [-0.15, -0.1) is 0 Å². The highest BCUT2D eigenvalue weighted by molar-refractivity contribution is 5.99. The van der Waals surface area contributed by atoms with E-state index in [9.17, 15) is 22.8 Å². The minimum absolute atomic E-state index is 0.0253. The summed E-state index contributed by atoms with van der Waals surface area (Å²) >= 11 is 0. The first-order valence-corrected chi connectivity index (χ1v) is 7.81. The Hall–Kier alpha value is -2.13. The molecule has 25 heavy (non-hydrogen) atoms. The molecule has 1 aromatic carbocycles. The lowest BCUT2D eigenvalue weighted by atomic mass is 10.1. The SMILES string of the molecule is Cc1ccc(C(=O)NCC(F)(F)F)cc1NC(=O)[C@@H]1CC[C@H](CN)O1. The van der Waals surface area contributed by atoms with Crippen molar-refractivity contribution in [2.75, 3.05) is 18.4 Å². The van der Waals surface area contributed by atoms with Crippen LogP contribution in [0.1, 0.15) is 28.8 Å². The molecule has 0 aromatic heterocycles. The quantitative estimate of drug-likeness (QED) is 0.746. The molecule has 1 heterocycles. The number of carbonyl (C=O) groups excluding carboxylic acids is 2. The van der Waals surface area contributed by atoms with E-state index in [2.05, 4.69) is 5.32 Å². The second-order valence-electron chi connectivity index (χ2n) is 5.88. The molecule has 0 spiro atoms. The zero-order valence-electron chi connectivity index (χ0n) is 13.7. The summed E-state index contributed by atoms with van der Waals surface area (Å²) in [5.74, 6) is -1.24. The van der Waals surface area contributed by atoms with Crippen LogP contribution in [-0.2, 0) is 9.53 Å². The van der Waals surface area contributed by atoms with Crippen LogP contribution in [-0.4, -0.2) is 43.3 Å². The van der Waals surface area contributed by atoms with Crippen molar-refractivity contribution in [3.8, 4) is 0 Å². The van der Waals surface area contributed by atoms with E-state index >= 15 is 0 Å². The van der Waals surface area contributed by atoms with E-state index < -0.39 is 24.7 Å². The van der Waals surface area contributed by atoms with Crippen molar-refractivity contribution in [3.63, 3.8) is 0 Å². The Kier molecular flexibility index (Phi) is 6.02. The first-order valence-electron chi connectivity index (χ1n) is 7.81. The highest BCUT2D eigenvalue weighted by Crippen LogP contribution is 2.23. The molecule has 1 saturated heterocycles. The standard InChI is InChI=1S/C16H20F3N3O3/c1-9-2-3-10(14(23)21-8-16(17,18)19)6-12(9)22-15(24)13-5-4-11(7-20)25-13/h2-3,6,11,13H,4-5,7-8,20H2,1H3,(H,21,23)(H,22,24)/t11-,13+/m1/s1. The molecule has 0 unspecified atom stereocenters. The summed E-state index contributed by atoms with van der Waals surface area (Å²) in [7, 11) is 0. The van der Waals surface area contributed by atoms with Crippen molar-refractivity contribution in [1.29, 1.82) is 0 Å². The van der Waals surface area contributed by atoms with E-state index in [0.717, 1.165) is 0 Å². The van der Waals surface area contributed by atoms with E-state index in [4.69, 9.17) is 10.5 Å². The van der Waals surface area contributed by atoms with Crippen LogP contribution >= 0.6 is 0 Å². The smallest absolute Gasteiger partial charge is 0.364 e. The fourth-order valence-corrected chi connectivity index (χ4v) is 2.47. The molecular formula is C16H20F3N3O3. The minimum atomic E-state index is -4.49. The van der Waals surface area contributed by atoms with Crippen molar-refractivity contribution in [2.24, 2.45) is 5.73 Å². The molecule has 0 radical (unpaired) electrons. The van der Waals surface area contributed by atoms with Gasteiger partial charge in [-0.1, -0.05) is 6.07 Å². The predicted molar refractivity (Wildman–Crippen MR) is 85.1 cm³/mol. The van der Waals surface area contributed by atoms with Gasteiger partial charge in [0.2, 0.25) is 0 Å². The fourth-order valence-electron chi connectivity index (χ4n) is 2.47. The Labute approximate surface area is 142 Å². The summed E-state index contributed by atoms with van der Waals surface area (Å²) in [4.78, 5) is 24.1. The molecular weight excluding hydrogens is 339 g/mol. The number of rotatable bonds is 5. The first-order chi connectivity index (χ1) is 11.7. The molecule has 0 aliphatic carbocycles. The minimum Gasteiger partial charge on any atom is -0.364 e. The lowest BCUT2D eigenvalue weighted by Gasteiger charge is -2.15. The van der Waals surface area contributed by atoms with Crippen LogP contribution in [0.2, 0.25) is 0 Å². The largest absolute Gasteiger partial charge is 0.405 e. The molecule has 1 fully saturated rings. The predicted octanol–water partition coefficient (Wildman–Crippen LogP) is 1.73. The number of nitrogens with two attached hydrogens (primary N) is 1. The molecule has 1 aromatic rings. The van der Waals surface area contributed by atoms with Gasteiger partial charge in [-0.05, 0) is 37.5 Å². The van der Waals surface area contributed by atoms with E-state index in [1.165, 1.54) is 12.1 Å². The van der Waals surface area contributed by atoms with Gasteiger partial charge in [0.25, 0.3) is 11.8 Å². The van der Waals surface area contributed by atoms with Gasteiger partial charge in [0, 0.05) is 17.8 Å². The van der Waals surface area contributed by atoms with Crippen LogP contribution in [0.4, 0.5) is 18.9 Å². The molecule has 2 rings (SSSR count). The number of carbonyl (C=O) groups is 2. The molecule has 6 nitrogen and oxygen atoms in total. The number of ether oxygens (including phenoxy) is 1. The maximum atomic E-state index is 12.2. The molecule has 2 amide bonds. The fraction of sp³-hybridized carbons (Fsp3) is 0.500. The van der Waals surface area contributed by atoms with E-state index in [1.54, 1.807) is 18.3 Å². The maximum absolute atomic E-state index is 12.2. The molecule has 138 valence electrons. The van der Waals surface area contributed by atoms with Crippen LogP contribution in [0, 0.1) is 6.92 Å². The Balaban J connectivity index is 2.03. The van der Waals surface area contributed by atoms with E-state index in [0.29, 0.717) is 30.6 Å². The second kappa shape index (κ2) is 7.83. The third kappa shape index (κ3) is 5.43. The van der Waals surface area contributed by atoms with Crippen LogP contribution < -0.4 is 16.4 Å². The molecule has 1 aliphatic rings. The average Bonchev–Trinajstić information content (AvgIpc) is 3.03. The molecule has 2 atom stereocenters. The van der Waals surface area contributed by atoms with Gasteiger partial charge in [0.15, 0.2) is 0 Å². The van der Waals surface area contributed by atoms with Crippen molar-refractivity contribution in [1.82, 2.24) is 5.32 Å². The summed E-state index contributed by atoms with van der Waals surface area (Å²) in [6.07, 6.45) is -4.05. The van der Waals surface area contributed by atoms with Gasteiger partial charge in [-0.25, -0.2) is 0 Å². The van der Waals surface area contributed by atoms with Crippen LogP contribution in [0.5, 0.6) is 0 Å². The van der Waals surface area contributed by atoms with Gasteiger partial charge >= 0.3 is 6.18 Å². The van der Waals surface area contributed by atoms with Gasteiger partial charge in [0.1, 0.15) is 12.6 Å². The average molecular weight is 359 g/mol. The second-order valence-corrected chi connectivity index (χ2v) is 5.88. The number of hydrogen-bond donors (Lipinski definition) is 3. The summed E-state index contributed by atoms with van der Waals surface area (Å²) < 4.78 is 42.1. The Bertz CT molecular complexity index is 649. The lowest BCUT2D eigenvalue weighted by Crippen LogP contribution is -2.34. The third-order valence-electron chi connectivity index (χ3n) is 3.87. The number of halogens is 3. The zero-order valence-corrected chi connectivity index (χ0v) is 13.7. The monoisotopic (exact) mass is 359 g/mol. The Morgan fingerprint density at radius 1 is 1.32 bits per heavy atom. The lowest BCUT2D eigenvalue weighted by molar-refractivity contribution is -0.126. The van der Waals surface area contributed by atoms with Crippen molar-refractivity contribution in [2.45, 2.75) is 38.1 Å². The molecule has 1 aliphatic heterocycles. The Morgan fingerprint density at radius 3 is 2.64 bits per heavy atom. The summed E-state index contributed by atoms with van der Waals surface area (Å²) in [5.41, 5.74) is 6.56. The number of amides is 2. The summed E-state index contributed by atoms with van der Waals surface area (Å²) in [6.45, 7) is 0.626. The molecule has 0 saturated carbocycles. The maximum Gasteiger partial charge on any atom is 0.405 e. The van der Waals surface area contributed by atoms with Gasteiger partial charge in [-0.3, -0.25) is 9.59 Å². The molecule has 0 bridgehead atoms. The van der Waals surface area contributed by atoms with Gasteiger partial charge in [-0.2, -0.15) is 13.2 Å². The van der Waals surface area contributed by atoms with Gasteiger partial charge < -0.3 is 21.1 Å². The van der Waals surface area contributed by atoms with E-state index in [1.807, 2.05) is 0 Å². The number of alkyl halides is 3. The normalized spacial score (nSPS) is 20.4.